The van der Waals surface area contributed by atoms with Gasteiger partial charge < -0.3 is 0 Å². The second-order valence-corrected chi connectivity index (χ2v) is 4.30. The fraction of sp³-hybridized carbons (Fsp3) is 0.538. The molecule has 0 aliphatic heterocycles. The Kier molecular flexibility index (Phi) is 3.13. The largest absolute Gasteiger partial charge is 0.0719 e. The summed E-state index contributed by atoms with van der Waals surface area (Å²) in [6.07, 6.45) is 11.5. The second-order valence-electron chi connectivity index (χ2n) is 4.30. The molecule has 0 nitrogen and oxygen atoms in total. The third-order valence-electron chi connectivity index (χ3n) is 2.44. The zero-order chi connectivity index (χ0) is 9.90. The number of hydrogen-bond acceptors (Lipinski definition) is 0. The van der Waals surface area contributed by atoms with Gasteiger partial charge in [0.25, 0.3) is 0 Å². The minimum absolute atomic E-state index is 0.222. The summed E-state index contributed by atoms with van der Waals surface area (Å²) in [6, 6.07) is 0. The molecule has 72 valence electrons. The molecule has 0 radical (unpaired) electrons. The summed E-state index contributed by atoms with van der Waals surface area (Å²) < 4.78 is 0. The molecule has 0 atom stereocenters. The van der Waals surface area contributed by atoms with Crippen LogP contribution in [0.1, 0.15) is 40.5 Å². The summed E-state index contributed by atoms with van der Waals surface area (Å²) in [6.45, 7) is 8.96. The Morgan fingerprint density at radius 1 is 0.923 bits per heavy atom. The van der Waals surface area contributed by atoms with Crippen molar-refractivity contribution in [2.75, 3.05) is 0 Å². The highest BCUT2D eigenvalue weighted by atomic mass is 14.2. The van der Waals surface area contributed by atoms with Crippen LogP contribution in [0, 0.1) is 5.41 Å². The van der Waals surface area contributed by atoms with Gasteiger partial charge in [-0.05, 0) is 12.8 Å². The highest BCUT2D eigenvalue weighted by Gasteiger charge is 2.13. The van der Waals surface area contributed by atoms with E-state index in [1.54, 1.807) is 0 Å². The molecule has 0 fully saturated rings. The maximum Gasteiger partial charge on any atom is 0.00160 e. The topological polar surface area (TPSA) is 0 Å². The third kappa shape index (κ3) is 2.87. The van der Waals surface area contributed by atoms with Crippen LogP contribution in [-0.2, 0) is 0 Å². The molecule has 0 heteroatoms. The summed E-state index contributed by atoms with van der Waals surface area (Å²) in [7, 11) is 0. The zero-order valence-electron chi connectivity index (χ0n) is 9.22. The monoisotopic (exact) mass is 176 g/mol. The molecule has 0 N–H and O–H groups in total. The van der Waals surface area contributed by atoms with Crippen LogP contribution in [0.5, 0.6) is 0 Å². The van der Waals surface area contributed by atoms with Crippen LogP contribution in [0.3, 0.4) is 0 Å². The Hall–Kier alpha value is -0.780. The van der Waals surface area contributed by atoms with Gasteiger partial charge in [-0.3, -0.25) is 0 Å². The van der Waals surface area contributed by atoms with E-state index < -0.39 is 0 Å². The van der Waals surface area contributed by atoms with Crippen molar-refractivity contribution in [3.05, 3.63) is 35.5 Å². The van der Waals surface area contributed by atoms with E-state index in [2.05, 4.69) is 52.0 Å². The number of rotatable bonds is 2. The maximum atomic E-state index is 2.37. The molecule has 1 aliphatic carbocycles. The predicted octanol–water partition coefficient (Wildman–Crippen LogP) is 4.26. The predicted molar refractivity (Wildman–Crippen MR) is 59.7 cm³/mol. The molecule has 1 aliphatic rings. The standard InChI is InChI=1S/C13H20/c1-5-11-7-8-12(6-2)10-13(3,4)9-11/h7-10H,5-6H2,1-4H3. The lowest BCUT2D eigenvalue weighted by Crippen LogP contribution is -2.03. The number of allylic oxidation sites excluding steroid dienone is 6. The molecule has 0 amide bonds. The van der Waals surface area contributed by atoms with Gasteiger partial charge in [0.1, 0.15) is 0 Å². The second kappa shape index (κ2) is 3.95. The van der Waals surface area contributed by atoms with Gasteiger partial charge in [-0.1, -0.05) is 63.1 Å². The molecule has 13 heavy (non-hydrogen) atoms. The minimum Gasteiger partial charge on any atom is -0.0719 e. The highest BCUT2D eigenvalue weighted by Crippen LogP contribution is 2.28. The normalized spacial score (nSPS) is 20.6. The highest BCUT2D eigenvalue weighted by molar-refractivity contribution is 5.35. The number of hydrogen-bond donors (Lipinski definition) is 0. The van der Waals surface area contributed by atoms with E-state index in [0.29, 0.717) is 0 Å². The average Bonchev–Trinajstić information content (AvgIpc) is 2.23. The molecule has 0 unspecified atom stereocenters. The van der Waals surface area contributed by atoms with E-state index in [-0.39, 0.29) is 5.41 Å². The summed E-state index contributed by atoms with van der Waals surface area (Å²) in [5.41, 5.74) is 3.12. The quantitative estimate of drug-likeness (QED) is 0.590. The van der Waals surface area contributed by atoms with Gasteiger partial charge in [0.2, 0.25) is 0 Å². The van der Waals surface area contributed by atoms with Crippen molar-refractivity contribution in [3.8, 4) is 0 Å². The molecule has 0 aromatic heterocycles. The summed E-state index contributed by atoms with van der Waals surface area (Å²) in [5, 5.41) is 0. The fourth-order valence-corrected chi connectivity index (χ4v) is 1.75. The van der Waals surface area contributed by atoms with Crippen molar-refractivity contribution in [2.24, 2.45) is 5.41 Å². The summed E-state index contributed by atoms with van der Waals surface area (Å²) in [5.74, 6) is 0. The maximum absolute atomic E-state index is 2.37. The Morgan fingerprint density at radius 3 is 1.62 bits per heavy atom. The van der Waals surface area contributed by atoms with Crippen molar-refractivity contribution in [1.82, 2.24) is 0 Å². The molecule has 0 saturated carbocycles. The Labute approximate surface area is 82.0 Å². The lowest BCUT2D eigenvalue weighted by Gasteiger charge is -2.16. The van der Waals surface area contributed by atoms with E-state index in [4.69, 9.17) is 0 Å². The minimum atomic E-state index is 0.222. The van der Waals surface area contributed by atoms with E-state index in [9.17, 15) is 0 Å². The average molecular weight is 176 g/mol. The molecular formula is C13H20. The van der Waals surface area contributed by atoms with Crippen LogP contribution in [0.4, 0.5) is 0 Å². The van der Waals surface area contributed by atoms with Gasteiger partial charge in [-0.15, -0.1) is 0 Å². The fourth-order valence-electron chi connectivity index (χ4n) is 1.75. The first-order valence-electron chi connectivity index (χ1n) is 5.19. The molecule has 0 saturated heterocycles. The van der Waals surface area contributed by atoms with Gasteiger partial charge in [0.15, 0.2) is 0 Å². The van der Waals surface area contributed by atoms with Crippen LogP contribution >= 0.6 is 0 Å². The van der Waals surface area contributed by atoms with Crippen molar-refractivity contribution in [2.45, 2.75) is 40.5 Å². The summed E-state index contributed by atoms with van der Waals surface area (Å²) in [4.78, 5) is 0. The zero-order valence-corrected chi connectivity index (χ0v) is 9.22. The van der Waals surface area contributed by atoms with Crippen molar-refractivity contribution in [3.63, 3.8) is 0 Å². The molecule has 0 aromatic rings. The van der Waals surface area contributed by atoms with Crippen LogP contribution in [-0.4, -0.2) is 0 Å². The first kappa shape index (κ1) is 10.3. The Morgan fingerprint density at radius 2 is 1.31 bits per heavy atom. The van der Waals surface area contributed by atoms with Crippen molar-refractivity contribution < 1.29 is 0 Å². The van der Waals surface area contributed by atoms with Crippen LogP contribution in [0.15, 0.2) is 35.5 Å². The molecule has 0 bridgehead atoms. The van der Waals surface area contributed by atoms with Crippen molar-refractivity contribution >= 4 is 0 Å². The first-order valence-corrected chi connectivity index (χ1v) is 5.19. The van der Waals surface area contributed by atoms with Crippen LogP contribution in [0.25, 0.3) is 0 Å². The van der Waals surface area contributed by atoms with Gasteiger partial charge in [0.05, 0.1) is 0 Å². The SMILES string of the molecule is CCC1=CC(C)(C)C=C(CC)C=C1. The molecule has 1 rings (SSSR count). The van der Waals surface area contributed by atoms with E-state index in [1.165, 1.54) is 11.1 Å². The lowest BCUT2D eigenvalue weighted by molar-refractivity contribution is 0.616. The molecular weight excluding hydrogens is 156 g/mol. The summed E-state index contributed by atoms with van der Waals surface area (Å²) >= 11 is 0. The smallest absolute Gasteiger partial charge is 0.00160 e. The van der Waals surface area contributed by atoms with Gasteiger partial charge in [-0.2, -0.15) is 0 Å². The lowest BCUT2D eigenvalue weighted by atomic mass is 9.89. The van der Waals surface area contributed by atoms with E-state index in [0.717, 1.165) is 12.8 Å². The third-order valence-corrected chi connectivity index (χ3v) is 2.44. The van der Waals surface area contributed by atoms with E-state index >= 15 is 0 Å². The molecule has 0 heterocycles. The molecule has 0 aromatic carbocycles. The first-order chi connectivity index (χ1) is 6.07. The molecule has 0 spiro atoms. The van der Waals surface area contributed by atoms with E-state index in [1.807, 2.05) is 0 Å². The van der Waals surface area contributed by atoms with Gasteiger partial charge >= 0.3 is 0 Å². The Bertz CT molecular complexity index is 236. The van der Waals surface area contributed by atoms with Crippen LogP contribution in [0.2, 0.25) is 0 Å². The van der Waals surface area contributed by atoms with Gasteiger partial charge in [-0.25, -0.2) is 0 Å². The Balaban J connectivity index is 2.99. The van der Waals surface area contributed by atoms with Gasteiger partial charge in [0, 0.05) is 5.41 Å². The van der Waals surface area contributed by atoms with Crippen molar-refractivity contribution in [1.29, 1.82) is 0 Å². The van der Waals surface area contributed by atoms with Crippen LogP contribution < -0.4 is 0 Å².